The number of esters is 1. The van der Waals surface area contributed by atoms with Gasteiger partial charge < -0.3 is 25.3 Å². The predicted molar refractivity (Wildman–Crippen MR) is 113 cm³/mol. The normalized spacial score (nSPS) is 11.6. The highest BCUT2D eigenvalue weighted by atomic mass is 16.5. The molecule has 0 spiro atoms. The van der Waals surface area contributed by atoms with E-state index in [9.17, 15) is 9.90 Å². The van der Waals surface area contributed by atoms with Gasteiger partial charge in [-0.2, -0.15) is 0 Å². The fourth-order valence-corrected chi connectivity index (χ4v) is 2.49. The minimum Gasteiger partial charge on any atom is -0.507 e. The molecule has 0 saturated heterocycles. The van der Waals surface area contributed by atoms with E-state index in [-0.39, 0.29) is 29.7 Å². The Morgan fingerprint density at radius 2 is 1.97 bits per heavy atom. The number of carbonyl (C=O) groups is 1. The molecule has 1 heterocycles. The summed E-state index contributed by atoms with van der Waals surface area (Å²) in [6.07, 6.45) is 0.900. The topological polar surface area (TPSA) is 105 Å². The van der Waals surface area contributed by atoms with E-state index >= 15 is 0 Å². The second kappa shape index (κ2) is 10.3. The maximum atomic E-state index is 12.2. The lowest BCUT2D eigenvalue weighted by atomic mass is 10.1. The van der Waals surface area contributed by atoms with Crippen molar-refractivity contribution in [2.24, 2.45) is 5.92 Å². The molecule has 154 valence electrons. The summed E-state index contributed by atoms with van der Waals surface area (Å²) < 4.78 is 10.8. The molecule has 0 fully saturated rings. The molecule has 3 N–H and O–H groups in total. The van der Waals surface area contributed by atoms with E-state index in [1.54, 1.807) is 31.2 Å². The number of phenolic OH excluding ortho intramolecular Hbond substituents is 1. The van der Waals surface area contributed by atoms with Crippen LogP contribution in [0.1, 0.15) is 26.3 Å². The monoisotopic (exact) mass is 397 g/mol. The fraction of sp³-hybridized carbons (Fsp3) is 0.318. The van der Waals surface area contributed by atoms with Crippen LogP contribution >= 0.6 is 0 Å². The van der Waals surface area contributed by atoms with Crippen LogP contribution in [0.15, 0.2) is 47.9 Å². The molecule has 0 bridgehead atoms. The molecule has 2 aromatic rings. The van der Waals surface area contributed by atoms with Crippen molar-refractivity contribution < 1.29 is 19.4 Å². The Labute approximate surface area is 170 Å². The Morgan fingerprint density at radius 1 is 1.24 bits per heavy atom. The van der Waals surface area contributed by atoms with Crippen molar-refractivity contribution >= 4 is 18.0 Å². The van der Waals surface area contributed by atoms with Gasteiger partial charge in [-0.25, -0.2) is 9.78 Å². The van der Waals surface area contributed by atoms with Crippen LogP contribution in [0.25, 0.3) is 11.3 Å². The Kier molecular flexibility index (Phi) is 7.77. The quantitative estimate of drug-likeness (QED) is 0.253. The second-order valence-corrected chi connectivity index (χ2v) is 6.82. The first-order valence-corrected chi connectivity index (χ1v) is 9.45. The highest BCUT2D eigenvalue weighted by molar-refractivity contribution is 6.09. The summed E-state index contributed by atoms with van der Waals surface area (Å²) in [4.78, 5) is 16.7. The molecule has 7 heteroatoms. The van der Waals surface area contributed by atoms with Crippen LogP contribution in [0.3, 0.4) is 0 Å². The van der Waals surface area contributed by atoms with Crippen molar-refractivity contribution in [3.8, 4) is 17.0 Å². The van der Waals surface area contributed by atoms with Crippen molar-refractivity contribution in [3.63, 3.8) is 0 Å². The van der Waals surface area contributed by atoms with Gasteiger partial charge >= 0.3 is 5.97 Å². The zero-order valence-corrected chi connectivity index (χ0v) is 17.2. The summed E-state index contributed by atoms with van der Waals surface area (Å²) in [7, 11) is 0. The Hall–Kier alpha value is -3.35. The van der Waals surface area contributed by atoms with Crippen molar-refractivity contribution in [1.29, 1.82) is 5.41 Å². The van der Waals surface area contributed by atoms with E-state index in [2.05, 4.69) is 10.3 Å². The van der Waals surface area contributed by atoms with Crippen LogP contribution in [0, 0.1) is 18.3 Å². The van der Waals surface area contributed by atoms with Gasteiger partial charge in [-0.05, 0) is 43.5 Å². The lowest BCUT2D eigenvalue weighted by molar-refractivity contribution is -0.138. The number of pyridine rings is 1. The van der Waals surface area contributed by atoms with E-state index in [0.29, 0.717) is 23.7 Å². The Bertz CT molecular complexity index is 907. The molecule has 2 rings (SSSR count). The van der Waals surface area contributed by atoms with E-state index in [0.717, 1.165) is 11.8 Å². The number of anilines is 1. The van der Waals surface area contributed by atoms with Gasteiger partial charge in [0.05, 0.1) is 18.9 Å². The summed E-state index contributed by atoms with van der Waals surface area (Å²) in [5, 5.41) is 20.9. The molecule has 1 aromatic heterocycles. The molecule has 0 aliphatic carbocycles. The highest BCUT2D eigenvalue weighted by Gasteiger charge is 2.18. The highest BCUT2D eigenvalue weighted by Crippen LogP contribution is 2.31. The first kappa shape index (κ1) is 21.9. The molecule has 7 nitrogen and oxygen atoms in total. The number of benzene rings is 1. The molecule has 0 radical (unpaired) electrons. The lowest BCUT2D eigenvalue weighted by Gasteiger charge is -2.17. The Morgan fingerprint density at radius 3 is 2.62 bits per heavy atom. The number of carbonyl (C=O) groups excluding carboxylic acids is 1. The van der Waals surface area contributed by atoms with Gasteiger partial charge in [0, 0.05) is 11.8 Å². The third kappa shape index (κ3) is 5.81. The smallest absolute Gasteiger partial charge is 0.345 e. The lowest BCUT2D eigenvalue weighted by Crippen LogP contribution is -2.19. The standard InChI is InChI=1S/C22H27N3O4/c1-5-28-22(27)17(12-23)21(29-13-14(2)3)25-19-11-7-10-18(24-19)16-9-6-8-15(4)20(16)26/h6-12,14,23,26H,5,13H2,1-4H3,(H,24,25)/b21-17-,23-12?. The number of aryl methyl sites for hydroxylation is 1. The van der Waals surface area contributed by atoms with Gasteiger partial charge in [0.25, 0.3) is 0 Å². The summed E-state index contributed by atoms with van der Waals surface area (Å²) in [5.74, 6) is 0.234. The SMILES string of the molecule is CCOC(=O)/C(C=N)=C(/Nc1cccc(-c2cccc(C)c2O)n1)OCC(C)C. The maximum Gasteiger partial charge on any atom is 0.345 e. The maximum absolute atomic E-state index is 12.2. The number of phenols is 1. The zero-order chi connectivity index (χ0) is 21.4. The number of ether oxygens (including phenoxy) is 2. The predicted octanol–water partition coefficient (Wildman–Crippen LogP) is 4.27. The van der Waals surface area contributed by atoms with Gasteiger partial charge in [-0.15, -0.1) is 0 Å². The molecule has 0 atom stereocenters. The molecule has 0 unspecified atom stereocenters. The van der Waals surface area contributed by atoms with E-state index in [4.69, 9.17) is 14.9 Å². The minimum absolute atomic E-state index is 0.0295. The third-order valence-electron chi connectivity index (χ3n) is 3.95. The van der Waals surface area contributed by atoms with E-state index < -0.39 is 5.97 Å². The van der Waals surface area contributed by atoms with Gasteiger partial charge in [0.15, 0.2) is 0 Å². The second-order valence-electron chi connectivity index (χ2n) is 6.82. The minimum atomic E-state index is -0.652. The third-order valence-corrected chi connectivity index (χ3v) is 3.95. The van der Waals surface area contributed by atoms with Crippen LogP contribution < -0.4 is 5.32 Å². The van der Waals surface area contributed by atoms with Crippen molar-refractivity contribution in [2.75, 3.05) is 18.5 Å². The molecule has 0 aliphatic heterocycles. The van der Waals surface area contributed by atoms with Crippen LogP contribution in [0.5, 0.6) is 5.75 Å². The molecular weight excluding hydrogens is 370 g/mol. The van der Waals surface area contributed by atoms with Gasteiger partial charge in [0.2, 0.25) is 5.88 Å². The van der Waals surface area contributed by atoms with Crippen LogP contribution in [0.2, 0.25) is 0 Å². The van der Waals surface area contributed by atoms with E-state index in [1.807, 2.05) is 32.9 Å². The number of aromatic nitrogens is 1. The molecule has 29 heavy (non-hydrogen) atoms. The molecule has 1 aromatic carbocycles. The van der Waals surface area contributed by atoms with Crippen LogP contribution in [-0.2, 0) is 14.3 Å². The zero-order valence-electron chi connectivity index (χ0n) is 17.2. The van der Waals surface area contributed by atoms with Gasteiger partial charge in [-0.1, -0.05) is 32.0 Å². The number of rotatable bonds is 9. The summed E-state index contributed by atoms with van der Waals surface area (Å²) >= 11 is 0. The van der Waals surface area contributed by atoms with Gasteiger partial charge in [-0.3, -0.25) is 0 Å². The van der Waals surface area contributed by atoms with Crippen molar-refractivity contribution in [2.45, 2.75) is 27.7 Å². The van der Waals surface area contributed by atoms with Crippen LogP contribution in [-0.4, -0.2) is 35.5 Å². The number of hydrogen-bond acceptors (Lipinski definition) is 7. The largest absolute Gasteiger partial charge is 0.507 e. The number of hydrogen-bond donors (Lipinski definition) is 3. The first-order valence-electron chi connectivity index (χ1n) is 9.45. The van der Waals surface area contributed by atoms with Crippen LogP contribution in [0.4, 0.5) is 5.82 Å². The number of nitrogens with one attached hydrogen (secondary N) is 2. The number of nitrogens with zero attached hydrogens (tertiary/aromatic N) is 1. The fourth-order valence-electron chi connectivity index (χ4n) is 2.49. The Balaban J connectivity index is 2.41. The first-order chi connectivity index (χ1) is 13.9. The summed E-state index contributed by atoms with van der Waals surface area (Å²) in [5.41, 5.74) is 1.88. The average molecular weight is 397 g/mol. The average Bonchev–Trinajstić information content (AvgIpc) is 2.69. The number of aromatic hydroxyl groups is 1. The van der Waals surface area contributed by atoms with Crippen molar-refractivity contribution in [3.05, 3.63) is 53.4 Å². The van der Waals surface area contributed by atoms with Crippen molar-refractivity contribution in [1.82, 2.24) is 4.98 Å². The van der Waals surface area contributed by atoms with E-state index in [1.165, 1.54) is 0 Å². The molecule has 0 amide bonds. The van der Waals surface area contributed by atoms with Gasteiger partial charge in [0.1, 0.15) is 17.1 Å². The molecule has 0 saturated carbocycles. The molecular formula is C22H27N3O4. The summed E-state index contributed by atoms with van der Waals surface area (Å²) in [6, 6.07) is 10.7. The number of para-hydroxylation sites is 1. The molecule has 0 aliphatic rings. The summed E-state index contributed by atoms with van der Waals surface area (Å²) in [6.45, 7) is 8.00.